The van der Waals surface area contributed by atoms with E-state index in [4.69, 9.17) is 11.2 Å². The molecule has 0 bridgehead atoms. The van der Waals surface area contributed by atoms with Gasteiger partial charge in [0.25, 0.3) is 0 Å². The fourth-order valence-electron chi connectivity index (χ4n) is 1.64. The van der Waals surface area contributed by atoms with E-state index in [1.54, 1.807) is 0 Å². The van der Waals surface area contributed by atoms with Crippen LogP contribution in [0.3, 0.4) is 0 Å². The molecule has 9 nitrogen and oxygen atoms in total. The molecule has 0 saturated carbocycles. The van der Waals surface area contributed by atoms with Crippen molar-refractivity contribution in [2.45, 2.75) is 24.5 Å². The smallest absolute Gasteiger partial charge is 0.344 e. The van der Waals surface area contributed by atoms with E-state index < -0.39 is 41.9 Å². The van der Waals surface area contributed by atoms with Crippen LogP contribution >= 0.6 is 0 Å². The zero-order valence-electron chi connectivity index (χ0n) is 9.50. The minimum atomic E-state index is -2.45. The highest BCUT2D eigenvalue weighted by Gasteiger charge is 2.47. The predicted molar refractivity (Wildman–Crippen MR) is 51.9 cm³/mol. The Morgan fingerprint density at radius 2 is 2.41 bits per heavy atom. The third-order valence-corrected chi connectivity index (χ3v) is 2.48. The van der Waals surface area contributed by atoms with Gasteiger partial charge in [-0.15, -0.1) is 0 Å². The van der Waals surface area contributed by atoms with E-state index in [1.165, 1.54) is 0 Å². The third kappa shape index (κ3) is 1.89. The van der Waals surface area contributed by atoms with Crippen molar-refractivity contribution in [3.8, 4) is 0 Å². The Labute approximate surface area is 96.4 Å². The van der Waals surface area contributed by atoms with Crippen LogP contribution in [0.5, 0.6) is 0 Å². The van der Waals surface area contributed by atoms with Crippen molar-refractivity contribution >= 4 is 5.82 Å². The Morgan fingerprint density at radius 1 is 1.71 bits per heavy atom. The lowest BCUT2D eigenvalue weighted by molar-refractivity contribution is -0.394. The largest absolute Gasteiger partial charge is 0.394 e. The van der Waals surface area contributed by atoms with E-state index in [9.17, 15) is 20.3 Å². The van der Waals surface area contributed by atoms with E-state index in [-0.39, 0.29) is 0 Å². The number of hydrogen-bond donors (Lipinski definition) is 3. The Bertz CT molecular complexity index is 463. The van der Waals surface area contributed by atoms with Gasteiger partial charge in [0, 0.05) is 0 Å². The lowest BCUT2D eigenvalue weighted by Gasteiger charge is -2.12. The minimum Gasteiger partial charge on any atom is -0.394 e. The van der Waals surface area contributed by atoms with Gasteiger partial charge in [0.1, 0.15) is 24.5 Å². The highest BCUT2D eigenvalue weighted by molar-refractivity contribution is 5.16. The number of aromatic nitrogens is 2. The van der Waals surface area contributed by atoms with Gasteiger partial charge in [-0.05, 0) is 4.92 Å². The normalized spacial score (nSPS) is 38.1. The molecule has 1 aliphatic rings. The second-order valence-corrected chi connectivity index (χ2v) is 3.48. The second-order valence-electron chi connectivity index (χ2n) is 3.48. The van der Waals surface area contributed by atoms with Gasteiger partial charge in [0.2, 0.25) is 6.23 Å². The molecule has 3 N–H and O–H groups in total. The zero-order valence-corrected chi connectivity index (χ0v) is 8.50. The fourth-order valence-corrected chi connectivity index (χ4v) is 1.64. The van der Waals surface area contributed by atoms with E-state index in [1.807, 2.05) is 0 Å². The van der Waals surface area contributed by atoms with Crippen LogP contribution < -0.4 is 0 Å². The lowest BCUT2D eigenvalue weighted by Crippen LogP contribution is -2.33. The number of nitrogens with zero attached hydrogens (tertiary/aromatic N) is 3. The maximum atomic E-state index is 10.7. The predicted octanol–water partition coefficient (Wildman–Crippen LogP) is -1.60. The summed E-state index contributed by atoms with van der Waals surface area (Å²) in [7, 11) is 0. The highest BCUT2D eigenvalue weighted by atomic mass is 16.6. The first kappa shape index (κ1) is 10.6. The molecule has 0 radical (unpaired) electrons. The summed E-state index contributed by atoms with van der Waals surface area (Å²) in [5.74, 6) is -0.451. The van der Waals surface area contributed by atoms with E-state index >= 15 is 0 Å². The number of rotatable bonds is 3. The van der Waals surface area contributed by atoms with Crippen molar-refractivity contribution in [3.63, 3.8) is 0 Å². The van der Waals surface area contributed by atoms with Crippen LogP contribution in [0.4, 0.5) is 5.82 Å². The summed E-state index contributed by atoms with van der Waals surface area (Å²) in [4.78, 5) is 13.5. The summed E-state index contributed by atoms with van der Waals surface area (Å²) in [6.45, 7) is -0.698. The van der Waals surface area contributed by atoms with Gasteiger partial charge in [-0.1, -0.05) is 0 Å². The molecule has 4 atom stereocenters. The van der Waals surface area contributed by atoms with Crippen LogP contribution in [-0.2, 0) is 4.74 Å². The molecular weight excluding hydrogens is 234 g/mol. The number of nitro groups is 1. The van der Waals surface area contributed by atoms with Gasteiger partial charge in [0.05, 0.1) is 7.98 Å². The second kappa shape index (κ2) is 4.37. The van der Waals surface area contributed by atoms with Crippen molar-refractivity contribution in [2.75, 3.05) is 6.61 Å². The zero-order chi connectivity index (χ0) is 13.5. The first-order chi connectivity index (χ1) is 8.39. The van der Waals surface area contributed by atoms with Crippen LogP contribution in [0.2, 0.25) is 0 Å². The lowest BCUT2D eigenvalue weighted by atomic mass is 10.1. The molecule has 1 saturated heterocycles. The minimum absolute atomic E-state index is 0.451. The summed E-state index contributed by atoms with van der Waals surface area (Å²) in [5, 5.41) is 39.0. The number of hydrogen-bond acceptors (Lipinski definition) is 7. The first-order valence-corrected chi connectivity index (χ1v) is 4.72. The Hall–Kier alpha value is -1.55. The molecule has 94 valence electrons. The fraction of sp³-hybridized carbons (Fsp3) is 0.625. The van der Waals surface area contributed by atoms with Crippen LogP contribution in [0.15, 0.2) is 12.5 Å². The topological polar surface area (TPSA) is 131 Å². The molecule has 17 heavy (non-hydrogen) atoms. The standard InChI is InChI=1S/C8H11N3O6/c12-2-4-6(13)7(14)8(17-4)10-3-9-1-5(10)11(15)16/h1,3-4,6-8,12-14H,2H2/t4-,6-,7-,8-/m1/s1/i6D. The molecule has 1 aromatic rings. The molecule has 2 heterocycles. The van der Waals surface area contributed by atoms with Gasteiger partial charge in [-0.25, -0.2) is 4.98 Å². The van der Waals surface area contributed by atoms with E-state index in [0.29, 0.717) is 0 Å². The van der Waals surface area contributed by atoms with Gasteiger partial charge in [-0.3, -0.25) is 0 Å². The number of aliphatic hydroxyl groups is 3. The number of aliphatic hydroxyl groups excluding tert-OH is 2. The molecule has 0 unspecified atom stereocenters. The maximum Gasteiger partial charge on any atom is 0.344 e. The molecule has 0 spiro atoms. The van der Waals surface area contributed by atoms with Crippen molar-refractivity contribution < 1.29 is 26.4 Å². The van der Waals surface area contributed by atoms with Crippen LogP contribution in [0.1, 0.15) is 7.60 Å². The van der Waals surface area contributed by atoms with Crippen molar-refractivity contribution in [3.05, 3.63) is 22.6 Å². The molecule has 1 aromatic heterocycles. The summed E-state index contributed by atoms with van der Waals surface area (Å²) in [6.07, 6.45) is -4.92. The van der Waals surface area contributed by atoms with Crippen LogP contribution in [0, 0.1) is 10.1 Å². The molecule has 9 heteroatoms. The first-order valence-electron chi connectivity index (χ1n) is 5.22. The van der Waals surface area contributed by atoms with Crippen LogP contribution in [0.25, 0.3) is 0 Å². The van der Waals surface area contributed by atoms with Gasteiger partial charge in [0.15, 0.2) is 6.33 Å². The Balaban J connectivity index is 2.35. The number of ether oxygens (including phenoxy) is 1. The summed E-state index contributed by atoms with van der Waals surface area (Å²) >= 11 is 0. The molecule has 1 fully saturated rings. The van der Waals surface area contributed by atoms with Crippen molar-refractivity contribution in [1.29, 1.82) is 0 Å². The van der Waals surface area contributed by atoms with E-state index in [0.717, 1.165) is 17.1 Å². The SMILES string of the molecule is [2H][C@@]1(O)[C@@H](CO)O[C@@H](n2cncc2[N+](=O)[O-])[C@@H]1O. The molecule has 0 aromatic carbocycles. The summed E-state index contributed by atoms with van der Waals surface area (Å²) in [5.41, 5.74) is 0. The van der Waals surface area contributed by atoms with Crippen LogP contribution in [-0.4, -0.2) is 54.7 Å². The van der Waals surface area contributed by atoms with Gasteiger partial charge >= 0.3 is 5.82 Å². The molecular formula is C8H11N3O6. The average molecular weight is 246 g/mol. The molecule has 1 aliphatic heterocycles. The summed E-state index contributed by atoms with van der Waals surface area (Å²) < 4.78 is 13.4. The monoisotopic (exact) mass is 246 g/mol. The Morgan fingerprint density at radius 3 is 2.94 bits per heavy atom. The van der Waals surface area contributed by atoms with E-state index in [2.05, 4.69) is 4.98 Å². The summed E-state index contributed by atoms with van der Waals surface area (Å²) in [6, 6.07) is 0. The van der Waals surface area contributed by atoms with Gasteiger partial charge in [-0.2, -0.15) is 4.57 Å². The molecule has 0 amide bonds. The van der Waals surface area contributed by atoms with Crippen molar-refractivity contribution in [2.24, 2.45) is 0 Å². The molecule has 2 rings (SSSR count). The number of imidazole rings is 1. The highest BCUT2D eigenvalue weighted by Crippen LogP contribution is 2.31. The average Bonchev–Trinajstić information content (AvgIpc) is 2.85. The molecule has 0 aliphatic carbocycles. The Kier molecular flexibility index (Phi) is 2.73. The quantitative estimate of drug-likeness (QED) is 0.432. The maximum absolute atomic E-state index is 10.7. The third-order valence-electron chi connectivity index (χ3n) is 2.48. The van der Waals surface area contributed by atoms with Gasteiger partial charge < -0.3 is 30.2 Å². The van der Waals surface area contributed by atoms with Crippen molar-refractivity contribution in [1.82, 2.24) is 9.55 Å².